The van der Waals surface area contributed by atoms with Crippen molar-refractivity contribution in [3.63, 3.8) is 0 Å². The molecule has 27 heavy (non-hydrogen) atoms. The molecule has 0 radical (unpaired) electrons. The Morgan fingerprint density at radius 3 is 2.78 bits per heavy atom. The summed E-state index contributed by atoms with van der Waals surface area (Å²) in [6, 6.07) is 13.0. The summed E-state index contributed by atoms with van der Waals surface area (Å²) in [6.07, 6.45) is 1.82. The number of nitrogens with zero attached hydrogens (tertiary/aromatic N) is 2. The number of benzene rings is 2. The maximum absolute atomic E-state index is 13.0. The van der Waals surface area contributed by atoms with Crippen molar-refractivity contribution in [2.45, 2.75) is 25.0 Å². The van der Waals surface area contributed by atoms with Crippen molar-refractivity contribution in [2.24, 2.45) is 5.10 Å². The van der Waals surface area contributed by atoms with Crippen molar-refractivity contribution < 1.29 is 9.59 Å². The average Bonchev–Trinajstić information content (AvgIpc) is 2.67. The smallest absolute Gasteiger partial charge is 0.299 e. The third-order valence-electron chi connectivity index (χ3n) is 4.77. The number of hydrogen-bond acceptors (Lipinski definition) is 4. The number of anilines is 1. The molecule has 2 aliphatic rings. The third kappa shape index (κ3) is 3.59. The lowest BCUT2D eigenvalue weighted by molar-refractivity contribution is 0.0985. The maximum Gasteiger partial charge on any atom is 0.299 e. The molecule has 1 N–H and O–H groups in total. The average molecular weight is 400 g/mol. The molecule has 2 aliphatic heterocycles. The number of aryl methyl sites for hydroxylation is 1. The van der Waals surface area contributed by atoms with Crippen molar-refractivity contribution >= 4 is 45.9 Å². The number of rotatable bonds is 2. The van der Waals surface area contributed by atoms with E-state index in [2.05, 4.69) is 16.6 Å². The molecule has 5 nitrogen and oxygen atoms in total. The van der Waals surface area contributed by atoms with Gasteiger partial charge in [0.1, 0.15) is 0 Å². The van der Waals surface area contributed by atoms with Gasteiger partial charge in [-0.25, -0.2) is 5.43 Å². The van der Waals surface area contributed by atoms with Gasteiger partial charge in [0, 0.05) is 22.8 Å². The Kier molecular flexibility index (Phi) is 4.93. The van der Waals surface area contributed by atoms with Crippen LogP contribution in [-0.2, 0) is 6.42 Å². The minimum atomic E-state index is -0.135. The predicted octanol–water partition coefficient (Wildman–Crippen LogP) is 4.48. The Morgan fingerprint density at radius 1 is 1.26 bits per heavy atom. The lowest BCUT2D eigenvalue weighted by Gasteiger charge is -2.30. The summed E-state index contributed by atoms with van der Waals surface area (Å²) >= 11 is 7.16. The van der Waals surface area contributed by atoms with Crippen LogP contribution in [0.15, 0.2) is 47.6 Å². The second-order valence-electron chi connectivity index (χ2n) is 6.57. The van der Waals surface area contributed by atoms with Gasteiger partial charge in [0.15, 0.2) is 0 Å². The van der Waals surface area contributed by atoms with Crippen LogP contribution in [0, 0.1) is 0 Å². The first kappa shape index (κ1) is 18.1. The number of nitrogens with one attached hydrogen (secondary N) is 1. The van der Waals surface area contributed by atoms with Crippen LogP contribution in [0.5, 0.6) is 0 Å². The minimum absolute atomic E-state index is 0.00723. The number of carbonyl (C=O) groups excluding carboxylic acids is 2. The highest BCUT2D eigenvalue weighted by molar-refractivity contribution is 8.14. The first-order valence-corrected chi connectivity index (χ1v) is 10.0. The van der Waals surface area contributed by atoms with Gasteiger partial charge in [-0.1, -0.05) is 29.4 Å². The van der Waals surface area contributed by atoms with Crippen molar-refractivity contribution in [1.82, 2.24) is 5.43 Å². The van der Waals surface area contributed by atoms with Crippen LogP contribution in [0.2, 0.25) is 5.02 Å². The van der Waals surface area contributed by atoms with Gasteiger partial charge in [-0.2, -0.15) is 5.10 Å². The van der Waals surface area contributed by atoms with E-state index in [4.69, 9.17) is 11.6 Å². The van der Waals surface area contributed by atoms with Crippen molar-refractivity contribution in [1.29, 1.82) is 0 Å². The van der Waals surface area contributed by atoms with Gasteiger partial charge >= 0.3 is 0 Å². The van der Waals surface area contributed by atoms with E-state index >= 15 is 0 Å². The molecule has 7 heteroatoms. The molecule has 138 valence electrons. The zero-order valence-electron chi connectivity index (χ0n) is 14.7. The Bertz CT molecular complexity index is 943. The van der Waals surface area contributed by atoms with Crippen LogP contribution in [0.4, 0.5) is 10.5 Å². The zero-order valence-corrected chi connectivity index (χ0v) is 16.3. The highest BCUT2D eigenvalue weighted by Crippen LogP contribution is 2.31. The molecule has 2 aromatic carbocycles. The number of amides is 2. The molecule has 1 atom stereocenters. The van der Waals surface area contributed by atoms with E-state index in [-0.39, 0.29) is 16.4 Å². The van der Waals surface area contributed by atoms with Crippen LogP contribution in [-0.4, -0.2) is 28.7 Å². The van der Waals surface area contributed by atoms with Gasteiger partial charge in [-0.15, -0.1) is 0 Å². The molecule has 1 unspecified atom stereocenters. The largest absolute Gasteiger partial charge is 0.308 e. The summed E-state index contributed by atoms with van der Waals surface area (Å²) in [4.78, 5) is 26.2. The van der Waals surface area contributed by atoms with Gasteiger partial charge in [0.25, 0.3) is 11.1 Å². The highest BCUT2D eigenvalue weighted by atomic mass is 35.5. The number of fused-ring (bicyclic) bond motifs is 1. The van der Waals surface area contributed by atoms with E-state index in [1.807, 2.05) is 24.0 Å². The molecule has 0 saturated heterocycles. The SMILES string of the molecule is CC1SC(=O)NN=C1c1ccc2c(c1)CCCN2C(=O)c1ccc(Cl)cc1. The van der Waals surface area contributed by atoms with E-state index in [9.17, 15) is 9.59 Å². The quantitative estimate of drug-likeness (QED) is 0.809. The molecule has 2 aromatic rings. The Morgan fingerprint density at radius 2 is 2.04 bits per heavy atom. The van der Waals surface area contributed by atoms with Gasteiger partial charge in [-0.05, 0) is 67.3 Å². The topological polar surface area (TPSA) is 61.8 Å². The summed E-state index contributed by atoms with van der Waals surface area (Å²) < 4.78 is 0. The van der Waals surface area contributed by atoms with E-state index in [1.165, 1.54) is 11.8 Å². The molecule has 0 bridgehead atoms. The van der Waals surface area contributed by atoms with Crippen molar-refractivity contribution in [2.75, 3.05) is 11.4 Å². The fraction of sp³-hybridized carbons (Fsp3) is 0.250. The number of halogens is 1. The fourth-order valence-corrected chi connectivity index (χ4v) is 4.30. The van der Waals surface area contributed by atoms with Gasteiger partial charge < -0.3 is 4.90 Å². The van der Waals surface area contributed by atoms with Gasteiger partial charge in [-0.3, -0.25) is 9.59 Å². The number of hydrazone groups is 1. The van der Waals surface area contributed by atoms with E-state index in [0.717, 1.165) is 35.4 Å². The molecule has 0 aliphatic carbocycles. The molecule has 4 rings (SSSR count). The minimum Gasteiger partial charge on any atom is -0.308 e. The Hall–Kier alpha value is -2.31. The van der Waals surface area contributed by atoms with Crippen LogP contribution < -0.4 is 10.3 Å². The summed E-state index contributed by atoms with van der Waals surface area (Å²) in [6.45, 7) is 2.66. The lowest BCUT2D eigenvalue weighted by atomic mass is 9.96. The van der Waals surface area contributed by atoms with Crippen LogP contribution in [0.25, 0.3) is 0 Å². The fourth-order valence-electron chi connectivity index (χ4n) is 3.45. The molecule has 2 amide bonds. The van der Waals surface area contributed by atoms with Crippen LogP contribution in [0.3, 0.4) is 0 Å². The van der Waals surface area contributed by atoms with Crippen molar-refractivity contribution in [3.8, 4) is 0 Å². The number of thioether (sulfide) groups is 1. The third-order valence-corrected chi connectivity index (χ3v) is 5.90. The van der Waals surface area contributed by atoms with Crippen LogP contribution in [0.1, 0.15) is 34.8 Å². The lowest BCUT2D eigenvalue weighted by Crippen LogP contribution is -2.36. The molecule has 0 saturated carbocycles. The molecule has 0 spiro atoms. The van der Waals surface area contributed by atoms with Crippen LogP contribution >= 0.6 is 23.4 Å². The highest BCUT2D eigenvalue weighted by Gasteiger charge is 2.26. The predicted molar refractivity (Wildman–Crippen MR) is 110 cm³/mol. The summed E-state index contributed by atoms with van der Waals surface area (Å²) in [5.74, 6) is -0.0217. The van der Waals surface area contributed by atoms with E-state index < -0.39 is 0 Å². The molecular weight excluding hydrogens is 382 g/mol. The molecule has 0 fully saturated rings. The van der Waals surface area contributed by atoms with E-state index in [1.54, 1.807) is 24.3 Å². The number of hydrogen-bond donors (Lipinski definition) is 1. The Labute approximate surface area is 166 Å². The molecule has 0 aromatic heterocycles. The normalized spacial score (nSPS) is 19.2. The van der Waals surface area contributed by atoms with Gasteiger partial charge in [0.2, 0.25) is 0 Å². The molecule has 2 heterocycles. The van der Waals surface area contributed by atoms with Gasteiger partial charge in [0.05, 0.1) is 11.0 Å². The Balaban J connectivity index is 1.65. The van der Waals surface area contributed by atoms with Crippen molar-refractivity contribution in [3.05, 3.63) is 64.2 Å². The maximum atomic E-state index is 13.0. The first-order chi connectivity index (χ1) is 13.0. The monoisotopic (exact) mass is 399 g/mol. The summed E-state index contributed by atoms with van der Waals surface area (Å²) in [5.41, 5.74) is 7.05. The van der Waals surface area contributed by atoms with E-state index in [0.29, 0.717) is 17.1 Å². The summed E-state index contributed by atoms with van der Waals surface area (Å²) in [5, 5.41) is 4.69. The first-order valence-electron chi connectivity index (χ1n) is 8.78. The second-order valence-corrected chi connectivity index (χ2v) is 8.32. The standard InChI is InChI=1S/C20H18ClN3O2S/c1-12-18(22-23-20(26)27-12)15-6-9-17-14(11-15)3-2-10-24(17)19(25)13-4-7-16(21)8-5-13/h4-9,11-12H,2-3,10H2,1H3,(H,23,26). The molecular formula is C20H18ClN3O2S. The summed E-state index contributed by atoms with van der Waals surface area (Å²) in [7, 11) is 0. The zero-order chi connectivity index (χ0) is 19.0. The second kappa shape index (κ2) is 7.37. The number of carbonyl (C=O) groups is 2.